The lowest BCUT2D eigenvalue weighted by Gasteiger charge is -2.20. The van der Waals surface area contributed by atoms with E-state index in [0.717, 1.165) is 64.2 Å². The molecule has 55 heavy (non-hydrogen) atoms. The SMILES string of the molecule is CC/C=C\C/C=C\C/C=C\CCCCCCCCCC(=O)OC(COCCCCCCCCCCCCCCCCCC)COP(=O)(O)OCC(N)C(=O)O. The van der Waals surface area contributed by atoms with Crippen molar-refractivity contribution in [3.63, 3.8) is 0 Å². The molecule has 11 heteroatoms. The summed E-state index contributed by atoms with van der Waals surface area (Å²) in [5.74, 6) is -1.78. The molecule has 0 spiro atoms. The zero-order valence-electron chi connectivity index (χ0n) is 35.0. The Balaban J connectivity index is 4.23. The number of carbonyl (C=O) groups excluding carboxylic acids is 1. The van der Waals surface area contributed by atoms with Gasteiger partial charge in [-0.3, -0.25) is 18.6 Å². The fourth-order valence-electron chi connectivity index (χ4n) is 6.03. The zero-order valence-corrected chi connectivity index (χ0v) is 35.9. The molecule has 0 heterocycles. The monoisotopic (exact) mass is 800 g/mol. The van der Waals surface area contributed by atoms with E-state index in [0.29, 0.717) is 13.0 Å². The molecule has 0 aliphatic carbocycles. The van der Waals surface area contributed by atoms with E-state index >= 15 is 0 Å². The third kappa shape index (κ3) is 40.2. The maximum Gasteiger partial charge on any atom is 0.472 e. The Labute approximate surface area is 336 Å². The summed E-state index contributed by atoms with van der Waals surface area (Å²) in [6, 6.07) is -1.47. The number of allylic oxidation sites excluding steroid dienone is 6. The number of phosphoric ester groups is 1. The average molecular weight is 800 g/mol. The number of hydrogen-bond acceptors (Lipinski definition) is 8. The Bertz CT molecular complexity index is 1020. The molecule has 0 rings (SSSR count). The molecule has 0 saturated carbocycles. The summed E-state index contributed by atoms with van der Waals surface area (Å²) in [4.78, 5) is 33.5. The molecule has 4 N–H and O–H groups in total. The van der Waals surface area contributed by atoms with Crippen LogP contribution in [0, 0.1) is 0 Å². The largest absolute Gasteiger partial charge is 0.480 e. The van der Waals surface area contributed by atoms with Gasteiger partial charge in [-0.25, -0.2) is 4.57 Å². The van der Waals surface area contributed by atoms with E-state index in [4.69, 9.17) is 29.4 Å². The van der Waals surface area contributed by atoms with Crippen molar-refractivity contribution in [2.24, 2.45) is 5.73 Å². The highest BCUT2D eigenvalue weighted by molar-refractivity contribution is 7.47. The van der Waals surface area contributed by atoms with E-state index in [9.17, 15) is 19.0 Å². The Kier molecular flexibility index (Phi) is 39.1. The maximum absolute atomic E-state index is 12.6. The molecule has 0 radical (unpaired) electrons. The molecule has 0 aromatic carbocycles. The minimum atomic E-state index is -4.62. The highest BCUT2D eigenvalue weighted by atomic mass is 31.2. The summed E-state index contributed by atoms with van der Waals surface area (Å²) < 4.78 is 33.4. The second-order valence-corrected chi connectivity index (χ2v) is 16.3. The van der Waals surface area contributed by atoms with Crippen LogP contribution >= 0.6 is 7.82 Å². The second kappa shape index (κ2) is 40.4. The molecule has 3 atom stereocenters. The molecule has 322 valence electrons. The number of nitrogens with two attached hydrogens (primary N) is 1. The van der Waals surface area contributed by atoms with Crippen LogP contribution in [0.3, 0.4) is 0 Å². The number of aliphatic carboxylic acids is 1. The smallest absolute Gasteiger partial charge is 0.472 e. The van der Waals surface area contributed by atoms with Gasteiger partial charge in [-0.15, -0.1) is 0 Å². The van der Waals surface area contributed by atoms with Crippen LogP contribution in [0.25, 0.3) is 0 Å². The molecule has 0 amide bonds. The summed E-state index contributed by atoms with van der Waals surface area (Å²) in [5, 5.41) is 8.90. The van der Waals surface area contributed by atoms with Crippen LogP contribution < -0.4 is 5.73 Å². The third-order valence-corrected chi connectivity index (χ3v) is 10.4. The van der Waals surface area contributed by atoms with Gasteiger partial charge in [0, 0.05) is 13.0 Å². The third-order valence-electron chi connectivity index (χ3n) is 9.43. The number of carboxylic acid groups (broad SMARTS) is 1. The zero-order chi connectivity index (χ0) is 40.5. The van der Waals surface area contributed by atoms with Crippen LogP contribution in [0.2, 0.25) is 0 Å². The van der Waals surface area contributed by atoms with Crippen molar-refractivity contribution in [3.05, 3.63) is 36.5 Å². The van der Waals surface area contributed by atoms with Crippen LogP contribution in [-0.2, 0) is 32.7 Å². The van der Waals surface area contributed by atoms with Gasteiger partial charge in [0.25, 0.3) is 0 Å². The lowest BCUT2D eigenvalue weighted by atomic mass is 10.0. The molecule has 3 unspecified atom stereocenters. The Hall–Kier alpha value is -1.81. The first-order chi connectivity index (χ1) is 26.7. The van der Waals surface area contributed by atoms with Crippen LogP contribution in [-0.4, -0.2) is 60.5 Å². The average Bonchev–Trinajstić information content (AvgIpc) is 3.16. The normalized spacial score (nSPS) is 14.3. The van der Waals surface area contributed by atoms with E-state index in [1.807, 2.05) is 0 Å². The van der Waals surface area contributed by atoms with Gasteiger partial charge in [-0.1, -0.05) is 179 Å². The lowest BCUT2D eigenvalue weighted by molar-refractivity contribution is -0.154. The molecule has 0 aliphatic heterocycles. The van der Waals surface area contributed by atoms with Gasteiger partial charge >= 0.3 is 19.8 Å². The quantitative estimate of drug-likeness (QED) is 0.0235. The lowest BCUT2D eigenvalue weighted by Crippen LogP contribution is -2.34. The Morgan fingerprint density at radius 1 is 0.600 bits per heavy atom. The number of carboxylic acids is 1. The van der Waals surface area contributed by atoms with Crippen molar-refractivity contribution in [2.45, 2.75) is 206 Å². The van der Waals surface area contributed by atoms with Crippen LogP contribution in [0.5, 0.6) is 0 Å². The summed E-state index contributed by atoms with van der Waals surface area (Å²) in [5.41, 5.74) is 5.36. The molecule has 0 aromatic heterocycles. The van der Waals surface area contributed by atoms with Crippen LogP contribution in [0.1, 0.15) is 194 Å². The molecule has 0 fully saturated rings. The van der Waals surface area contributed by atoms with Gasteiger partial charge < -0.3 is 25.2 Å². The standard InChI is InChI=1S/C44H82NO9P/c1-3-5-7-9-11-13-15-17-19-21-22-24-26-28-30-32-34-36-43(46)54-41(39-52-55(49,50)53-40-42(45)44(47)48)38-51-37-35-33-31-29-27-25-23-20-18-16-14-12-10-8-6-4-2/h5,7,11,13,17,19,41-42H,3-4,6,8-10,12,14-16,18,20-40,45H2,1-2H3,(H,47,48)(H,49,50)/b7-5-,13-11-,19-17-. The highest BCUT2D eigenvalue weighted by Crippen LogP contribution is 2.43. The predicted octanol–water partition coefficient (Wildman–Crippen LogP) is 12.1. The summed E-state index contributed by atoms with van der Waals surface area (Å²) in [6.07, 6.45) is 44.8. The number of rotatable bonds is 42. The fourth-order valence-corrected chi connectivity index (χ4v) is 6.81. The number of carbonyl (C=O) groups is 2. The number of esters is 1. The molecule has 0 aromatic rings. The maximum atomic E-state index is 12.6. The van der Waals surface area contributed by atoms with Crippen molar-refractivity contribution in [3.8, 4) is 0 Å². The first kappa shape index (κ1) is 53.2. The Morgan fingerprint density at radius 3 is 1.58 bits per heavy atom. The molecule has 0 saturated heterocycles. The predicted molar refractivity (Wildman–Crippen MR) is 226 cm³/mol. The first-order valence-corrected chi connectivity index (χ1v) is 23.5. The minimum Gasteiger partial charge on any atom is -0.480 e. The van der Waals surface area contributed by atoms with E-state index < -0.39 is 45.1 Å². The molecular formula is C44H82NO9P. The van der Waals surface area contributed by atoms with E-state index in [1.165, 1.54) is 103 Å². The molecule has 0 aliphatic rings. The summed E-state index contributed by atoms with van der Waals surface area (Å²) in [6.45, 7) is 3.78. The number of ether oxygens (including phenoxy) is 2. The van der Waals surface area contributed by atoms with Crippen molar-refractivity contribution in [1.82, 2.24) is 0 Å². The van der Waals surface area contributed by atoms with Crippen molar-refractivity contribution in [2.75, 3.05) is 26.4 Å². The van der Waals surface area contributed by atoms with E-state index in [2.05, 4.69) is 50.3 Å². The van der Waals surface area contributed by atoms with Crippen LogP contribution in [0.15, 0.2) is 36.5 Å². The summed E-state index contributed by atoms with van der Waals surface area (Å²) in [7, 11) is -4.62. The second-order valence-electron chi connectivity index (χ2n) is 14.8. The van der Waals surface area contributed by atoms with Gasteiger partial charge in [0.15, 0.2) is 0 Å². The first-order valence-electron chi connectivity index (χ1n) is 22.0. The van der Waals surface area contributed by atoms with Gasteiger partial charge in [0.1, 0.15) is 12.1 Å². The van der Waals surface area contributed by atoms with E-state index in [-0.39, 0.29) is 13.0 Å². The summed E-state index contributed by atoms with van der Waals surface area (Å²) >= 11 is 0. The minimum absolute atomic E-state index is 0.0155. The van der Waals surface area contributed by atoms with Crippen LogP contribution in [0.4, 0.5) is 0 Å². The fraction of sp³-hybridized carbons (Fsp3) is 0.818. The van der Waals surface area contributed by atoms with Gasteiger partial charge in [0.05, 0.1) is 19.8 Å². The number of hydrogen-bond donors (Lipinski definition) is 3. The van der Waals surface area contributed by atoms with Gasteiger partial charge in [-0.05, 0) is 44.9 Å². The number of unbranched alkanes of at least 4 members (excludes halogenated alkanes) is 22. The Morgan fingerprint density at radius 2 is 1.05 bits per heavy atom. The number of phosphoric acid groups is 1. The highest BCUT2D eigenvalue weighted by Gasteiger charge is 2.27. The molecule has 0 bridgehead atoms. The van der Waals surface area contributed by atoms with Gasteiger partial charge in [0.2, 0.25) is 0 Å². The van der Waals surface area contributed by atoms with Gasteiger partial charge in [-0.2, -0.15) is 0 Å². The van der Waals surface area contributed by atoms with Crippen molar-refractivity contribution in [1.29, 1.82) is 0 Å². The van der Waals surface area contributed by atoms with Crippen molar-refractivity contribution >= 4 is 19.8 Å². The molecular weight excluding hydrogens is 717 g/mol. The molecule has 10 nitrogen and oxygen atoms in total. The van der Waals surface area contributed by atoms with E-state index in [1.54, 1.807) is 0 Å². The van der Waals surface area contributed by atoms with Crippen molar-refractivity contribution < 1.29 is 42.7 Å². The topological polar surface area (TPSA) is 155 Å².